The Kier molecular flexibility index (Phi) is 2.62. The van der Waals surface area contributed by atoms with Gasteiger partial charge >= 0.3 is 6.18 Å². The van der Waals surface area contributed by atoms with Gasteiger partial charge in [0.2, 0.25) is 10.1 Å². The van der Waals surface area contributed by atoms with E-state index in [4.69, 9.17) is 4.84 Å². The summed E-state index contributed by atoms with van der Waals surface area (Å²) in [5, 5.41) is 5.76. The molecule has 1 saturated heterocycles. The number of anilines is 1. The molecule has 5 nitrogen and oxygen atoms in total. The predicted octanol–water partition coefficient (Wildman–Crippen LogP) is 1.86. The Morgan fingerprint density at radius 3 is 2.47 bits per heavy atom. The molecule has 1 aliphatic rings. The standard InChI is InChI=1S/C8H8F3N3O2S/c1-7(2)3-16-14(5(7)15)6-13-12-4(17-6)8(9,10)11/h3H2,1-2H3. The van der Waals surface area contributed by atoms with Gasteiger partial charge in [0.15, 0.2) is 0 Å². The van der Waals surface area contributed by atoms with Gasteiger partial charge in [-0.25, -0.2) is 0 Å². The molecule has 0 bridgehead atoms. The van der Waals surface area contributed by atoms with Crippen molar-refractivity contribution >= 4 is 22.4 Å². The van der Waals surface area contributed by atoms with E-state index in [0.717, 1.165) is 5.06 Å². The van der Waals surface area contributed by atoms with Crippen LogP contribution in [0.5, 0.6) is 0 Å². The van der Waals surface area contributed by atoms with Crippen LogP contribution in [-0.2, 0) is 15.8 Å². The SMILES string of the molecule is CC1(C)CON(c2nnc(C(F)(F)F)s2)C1=O. The maximum atomic E-state index is 12.3. The smallest absolute Gasteiger partial charge is 0.271 e. The van der Waals surface area contributed by atoms with E-state index in [2.05, 4.69) is 10.2 Å². The molecule has 0 atom stereocenters. The number of nitrogens with zero attached hydrogens (tertiary/aromatic N) is 3. The quantitative estimate of drug-likeness (QED) is 0.779. The Hall–Kier alpha value is -1.22. The second-order valence-corrected chi connectivity index (χ2v) is 5.10. The molecule has 0 N–H and O–H groups in total. The van der Waals surface area contributed by atoms with Crippen molar-refractivity contribution in [2.75, 3.05) is 11.7 Å². The number of carbonyl (C=O) groups is 1. The molecule has 1 aliphatic heterocycles. The van der Waals surface area contributed by atoms with Gasteiger partial charge in [0.1, 0.15) is 0 Å². The van der Waals surface area contributed by atoms with Gasteiger partial charge in [0.05, 0.1) is 12.0 Å². The van der Waals surface area contributed by atoms with Crippen LogP contribution in [0.3, 0.4) is 0 Å². The average molecular weight is 267 g/mol. The molecular formula is C8H8F3N3O2S. The number of halogens is 3. The minimum atomic E-state index is -4.56. The fourth-order valence-corrected chi connectivity index (χ4v) is 1.85. The van der Waals surface area contributed by atoms with Gasteiger partial charge in [-0.3, -0.25) is 9.63 Å². The van der Waals surface area contributed by atoms with E-state index in [9.17, 15) is 18.0 Å². The lowest BCUT2D eigenvalue weighted by atomic mass is 9.95. The monoisotopic (exact) mass is 267 g/mol. The lowest BCUT2D eigenvalue weighted by Crippen LogP contribution is -2.30. The van der Waals surface area contributed by atoms with Crippen molar-refractivity contribution in [3.8, 4) is 0 Å². The number of hydroxylamine groups is 1. The van der Waals surface area contributed by atoms with Crippen molar-refractivity contribution in [1.29, 1.82) is 0 Å². The molecule has 0 aromatic carbocycles. The molecule has 1 aromatic rings. The molecule has 0 saturated carbocycles. The second-order valence-electron chi connectivity index (χ2n) is 4.14. The molecular weight excluding hydrogens is 259 g/mol. The van der Waals surface area contributed by atoms with Crippen LogP contribution in [0, 0.1) is 5.41 Å². The van der Waals surface area contributed by atoms with Gasteiger partial charge in [0.25, 0.3) is 5.91 Å². The third-order valence-corrected chi connectivity index (χ3v) is 3.08. The van der Waals surface area contributed by atoms with Crippen molar-refractivity contribution in [3.05, 3.63) is 5.01 Å². The van der Waals surface area contributed by atoms with Gasteiger partial charge < -0.3 is 0 Å². The summed E-state index contributed by atoms with van der Waals surface area (Å²) < 4.78 is 36.9. The first-order chi connectivity index (χ1) is 7.72. The van der Waals surface area contributed by atoms with Crippen LogP contribution < -0.4 is 5.06 Å². The zero-order valence-electron chi connectivity index (χ0n) is 8.91. The summed E-state index contributed by atoms with van der Waals surface area (Å²) in [7, 11) is 0. The zero-order chi connectivity index (χ0) is 12.8. The van der Waals surface area contributed by atoms with Crippen molar-refractivity contribution in [2.45, 2.75) is 20.0 Å². The Balaban J connectivity index is 2.26. The highest BCUT2D eigenvalue weighted by molar-refractivity contribution is 7.15. The Morgan fingerprint density at radius 1 is 1.41 bits per heavy atom. The zero-order valence-corrected chi connectivity index (χ0v) is 9.72. The average Bonchev–Trinajstić information content (AvgIpc) is 2.73. The number of carbonyl (C=O) groups excluding carboxylic acids is 1. The molecule has 0 spiro atoms. The Bertz CT molecular complexity index is 457. The van der Waals surface area contributed by atoms with Gasteiger partial charge in [0, 0.05) is 0 Å². The summed E-state index contributed by atoms with van der Waals surface area (Å²) >= 11 is 0.274. The van der Waals surface area contributed by atoms with E-state index >= 15 is 0 Å². The fourth-order valence-electron chi connectivity index (χ4n) is 1.18. The topological polar surface area (TPSA) is 55.3 Å². The number of hydrogen-bond donors (Lipinski definition) is 0. The highest BCUT2D eigenvalue weighted by Crippen LogP contribution is 2.37. The number of hydrogen-bond acceptors (Lipinski definition) is 5. The normalized spacial score (nSPS) is 20.1. The fraction of sp³-hybridized carbons (Fsp3) is 0.625. The summed E-state index contributed by atoms with van der Waals surface area (Å²) in [6.45, 7) is 3.38. The summed E-state index contributed by atoms with van der Waals surface area (Å²) in [4.78, 5) is 16.8. The molecule has 0 aliphatic carbocycles. The third-order valence-electron chi connectivity index (χ3n) is 2.15. The second kappa shape index (κ2) is 3.64. The molecule has 17 heavy (non-hydrogen) atoms. The maximum absolute atomic E-state index is 12.3. The van der Waals surface area contributed by atoms with Crippen molar-refractivity contribution in [3.63, 3.8) is 0 Å². The highest BCUT2D eigenvalue weighted by atomic mass is 32.1. The number of alkyl halides is 3. The number of rotatable bonds is 1. The Morgan fingerprint density at radius 2 is 2.06 bits per heavy atom. The first-order valence-electron chi connectivity index (χ1n) is 4.60. The van der Waals surface area contributed by atoms with Crippen LogP contribution >= 0.6 is 11.3 Å². The molecule has 1 aromatic heterocycles. The Labute approximate surface area is 98.1 Å². The van der Waals surface area contributed by atoms with Crippen LogP contribution in [0.15, 0.2) is 0 Å². The predicted molar refractivity (Wildman–Crippen MR) is 52.1 cm³/mol. The van der Waals surface area contributed by atoms with E-state index in [1.54, 1.807) is 13.8 Å². The van der Waals surface area contributed by atoms with Crippen molar-refractivity contribution in [2.24, 2.45) is 5.41 Å². The molecule has 1 amide bonds. The summed E-state index contributed by atoms with van der Waals surface area (Å²) in [6, 6.07) is 0. The van der Waals surface area contributed by atoms with Crippen molar-refractivity contribution < 1.29 is 22.8 Å². The molecule has 1 fully saturated rings. The van der Waals surface area contributed by atoms with Gasteiger partial charge in [-0.1, -0.05) is 11.3 Å². The van der Waals surface area contributed by atoms with E-state index in [-0.39, 0.29) is 23.1 Å². The minimum Gasteiger partial charge on any atom is -0.271 e. The lowest BCUT2D eigenvalue weighted by molar-refractivity contribution is -0.138. The summed E-state index contributed by atoms with van der Waals surface area (Å²) in [5.41, 5.74) is -0.760. The molecule has 0 radical (unpaired) electrons. The largest absolute Gasteiger partial charge is 0.445 e. The number of aromatic nitrogens is 2. The molecule has 94 valence electrons. The lowest BCUT2D eigenvalue weighted by Gasteiger charge is -2.12. The molecule has 9 heteroatoms. The minimum absolute atomic E-state index is 0.104. The van der Waals surface area contributed by atoms with Crippen LogP contribution in [0.2, 0.25) is 0 Å². The van der Waals surface area contributed by atoms with Crippen LogP contribution in [-0.4, -0.2) is 22.7 Å². The van der Waals surface area contributed by atoms with Crippen molar-refractivity contribution in [1.82, 2.24) is 10.2 Å². The first kappa shape index (κ1) is 12.2. The number of amides is 1. The van der Waals surface area contributed by atoms with Crippen LogP contribution in [0.25, 0.3) is 0 Å². The van der Waals surface area contributed by atoms with Gasteiger partial charge in [-0.2, -0.15) is 18.2 Å². The molecule has 2 rings (SSSR count). The third kappa shape index (κ3) is 2.12. The van der Waals surface area contributed by atoms with Gasteiger partial charge in [-0.05, 0) is 13.8 Å². The van der Waals surface area contributed by atoms with Gasteiger partial charge in [-0.15, -0.1) is 10.2 Å². The molecule has 0 unspecified atom stereocenters. The first-order valence-corrected chi connectivity index (χ1v) is 5.42. The summed E-state index contributed by atoms with van der Waals surface area (Å²) in [5.74, 6) is -0.428. The highest BCUT2D eigenvalue weighted by Gasteiger charge is 2.44. The maximum Gasteiger partial charge on any atom is 0.445 e. The molecule has 2 heterocycles. The van der Waals surface area contributed by atoms with Crippen LogP contribution in [0.1, 0.15) is 18.9 Å². The van der Waals surface area contributed by atoms with Crippen LogP contribution in [0.4, 0.5) is 18.3 Å². The van der Waals surface area contributed by atoms with E-state index in [0.29, 0.717) is 0 Å². The van der Waals surface area contributed by atoms with E-state index in [1.165, 1.54) is 0 Å². The van der Waals surface area contributed by atoms with E-state index in [1.807, 2.05) is 0 Å². The summed E-state index contributed by atoms with van der Waals surface area (Å²) in [6.07, 6.45) is -4.56. The van der Waals surface area contributed by atoms with E-state index < -0.39 is 22.5 Å².